The van der Waals surface area contributed by atoms with E-state index in [1.54, 1.807) is 17.6 Å². The number of rotatable bonds is 2. The summed E-state index contributed by atoms with van der Waals surface area (Å²) in [6, 6.07) is 3.76. The molecule has 0 bridgehead atoms. The summed E-state index contributed by atoms with van der Waals surface area (Å²) in [5.74, 6) is 0.768. The van der Waals surface area contributed by atoms with Crippen molar-refractivity contribution in [3.05, 3.63) is 24.1 Å². The molecule has 0 spiro atoms. The lowest BCUT2D eigenvalue weighted by Crippen LogP contribution is -2.12. The van der Waals surface area contributed by atoms with Crippen molar-refractivity contribution in [3.63, 3.8) is 0 Å². The van der Waals surface area contributed by atoms with Crippen molar-refractivity contribution in [2.75, 3.05) is 5.73 Å². The average molecular weight is 306 g/mol. The molecule has 0 aromatic carbocycles. The summed E-state index contributed by atoms with van der Waals surface area (Å²) in [7, 11) is 0. The van der Waals surface area contributed by atoms with Crippen LogP contribution < -0.4 is 5.73 Å². The Bertz CT molecular complexity index is 722. The van der Waals surface area contributed by atoms with Crippen LogP contribution in [0.5, 0.6) is 0 Å². The molecule has 0 aliphatic rings. The van der Waals surface area contributed by atoms with E-state index >= 15 is 0 Å². The van der Waals surface area contributed by atoms with Crippen molar-refractivity contribution in [1.29, 1.82) is 0 Å². The second-order valence-corrected chi connectivity index (χ2v) is 7.38. The fourth-order valence-corrected chi connectivity index (χ4v) is 3.73. The van der Waals surface area contributed by atoms with Crippen molar-refractivity contribution in [3.8, 4) is 20.7 Å². The summed E-state index contributed by atoms with van der Waals surface area (Å²) < 4.78 is 5.43. The van der Waals surface area contributed by atoms with Crippen LogP contribution in [0.1, 0.15) is 26.5 Å². The Morgan fingerprint density at radius 2 is 1.95 bits per heavy atom. The Kier molecular flexibility index (Phi) is 3.10. The lowest BCUT2D eigenvalue weighted by molar-refractivity contribution is 0.567. The molecular formula is C13H14N4OS2. The third-order valence-corrected chi connectivity index (χ3v) is 4.68. The number of hydrogen-bond acceptors (Lipinski definition) is 7. The van der Waals surface area contributed by atoms with Crippen molar-refractivity contribution in [2.24, 2.45) is 0 Å². The van der Waals surface area contributed by atoms with E-state index in [0.29, 0.717) is 5.13 Å². The van der Waals surface area contributed by atoms with E-state index in [1.165, 1.54) is 11.3 Å². The Morgan fingerprint density at radius 3 is 2.50 bits per heavy atom. The van der Waals surface area contributed by atoms with Crippen LogP contribution in [0.25, 0.3) is 20.7 Å². The third-order valence-electron chi connectivity index (χ3n) is 2.70. The molecular weight excluding hydrogens is 292 g/mol. The second kappa shape index (κ2) is 4.68. The van der Waals surface area contributed by atoms with Gasteiger partial charge in [-0.1, -0.05) is 32.1 Å². The molecule has 20 heavy (non-hydrogen) atoms. The summed E-state index contributed by atoms with van der Waals surface area (Å²) in [5, 5.41) is 10.2. The van der Waals surface area contributed by atoms with Gasteiger partial charge < -0.3 is 10.2 Å². The lowest BCUT2D eigenvalue weighted by atomic mass is 9.91. The maximum atomic E-state index is 5.69. The Balaban J connectivity index is 2.17. The average Bonchev–Trinajstić information content (AvgIpc) is 3.06. The minimum atomic E-state index is -0.0862. The molecule has 7 heteroatoms. The van der Waals surface area contributed by atoms with E-state index in [9.17, 15) is 0 Å². The SMILES string of the molecule is CC(C)(C)c1nc(-c2ccco2)sc1-c1nnc(N)s1. The standard InChI is InChI=1S/C13H14N4OS2/c1-13(2,3)9-8(11-16-17-12(14)20-11)19-10(15-9)7-5-4-6-18-7/h4-6H,1-3H3,(H2,14,17). The van der Waals surface area contributed by atoms with Crippen LogP contribution in [0, 0.1) is 0 Å². The van der Waals surface area contributed by atoms with Crippen molar-refractivity contribution in [1.82, 2.24) is 15.2 Å². The van der Waals surface area contributed by atoms with Gasteiger partial charge in [0.1, 0.15) is 0 Å². The number of thiazole rings is 1. The first-order valence-corrected chi connectivity index (χ1v) is 7.73. The summed E-state index contributed by atoms with van der Waals surface area (Å²) in [6.07, 6.45) is 1.65. The Morgan fingerprint density at radius 1 is 1.15 bits per heavy atom. The maximum absolute atomic E-state index is 5.69. The molecule has 0 unspecified atom stereocenters. The Labute approximate surface area is 124 Å². The molecule has 0 saturated heterocycles. The smallest absolute Gasteiger partial charge is 0.203 e. The van der Waals surface area contributed by atoms with E-state index in [1.807, 2.05) is 12.1 Å². The zero-order valence-corrected chi connectivity index (χ0v) is 13.0. The predicted octanol–water partition coefficient (Wildman–Crippen LogP) is 3.80. The monoisotopic (exact) mass is 306 g/mol. The number of nitrogen functional groups attached to an aromatic ring is 1. The van der Waals surface area contributed by atoms with Crippen molar-refractivity contribution >= 4 is 27.8 Å². The molecule has 0 saturated carbocycles. The van der Waals surface area contributed by atoms with Crippen LogP contribution in [0.2, 0.25) is 0 Å². The molecule has 5 nitrogen and oxygen atoms in total. The molecule has 3 aromatic heterocycles. The number of nitrogens with zero attached hydrogens (tertiary/aromatic N) is 3. The van der Waals surface area contributed by atoms with Gasteiger partial charge in [-0.15, -0.1) is 21.5 Å². The van der Waals surface area contributed by atoms with E-state index in [0.717, 1.165) is 26.3 Å². The zero-order chi connectivity index (χ0) is 14.3. The van der Waals surface area contributed by atoms with Crippen LogP contribution in [0.4, 0.5) is 5.13 Å². The zero-order valence-electron chi connectivity index (χ0n) is 11.4. The van der Waals surface area contributed by atoms with E-state index in [2.05, 4.69) is 31.0 Å². The third kappa shape index (κ3) is 2.34. The summed E-state index contributed by atoms with van der Waals surface area (Å²) in [5.41, 5.74) is 6.59. The van der Waals surface area contributed by atoms with Gasteiger partial charge >= 0.3 is 0 Å². The predicted molar refractivity (Wildman–Crippen MR) is 81.8 cm³/mol. The maximum Gasteiger partial charge on any atom is 0.203 e. The first-order chi connectivity index (χ1) is 9.45. The quantitative estimate of drug-likeness (QED) is 0.779. The number of aromatic nitrogens is 3. The summed E-state index contributed by atoms with van der Waals surface area (Å²) in [4.78, 5) is 5.74. The van der Waals surface area contributed by atoms with E-state index < -0.39 is 0 Å². The summed E-state index contributed by atoms with van der Waals surface area (Å²) in [6.45, 7) is 6.38. The van der Waals surface area contributed by atoms with Gasteiger partial charge in [0.15, 0.2) is 15.8 Å². The molecule has 3 heterocycles. The minimum Gasteiger partial charge on any atom is -0.462 e. The van der Waals surface area contributed by atoms with E-state index in [-0.39, 0.29) is 5.41 Å². The van der Waals surface area contributed by atoms with Gasteiger partial charge in [-0.25, -0.2) is 4.98 Å². The molecule has 3 rings (SSSR count). The highest BCUT2D eigenvalue weighted by molar-refractivity contribution is 7.24. The van der Waals surface area contributed by atoms with Gasteiger partial charge in [0, 0.05) is 5.41 Å². The van der Waals surface area contributed by atoms with Gasteiger partial charge in [0.05, 0.1) is 16.8 Å². The molecule has 104 valence electrons. The molecule has 3 aromatic rings. The van der Waals surface area contributed by atoms with Gasteiger partial charge in [-0.3, -0.25) is 0 Å². The van der Waals surface area contributed by atoms with Gasteiger partial charge in [-0.05, 0) is 12.1 Å². The van der Waals surface area contributed by atoms with Crippen LogP contribution in [-0.4, -0.2) is 15.2 Å². The fourth-order valence-electron chi connectivity index (χ4n) is 1.81. The number of furan rings is 1. The highest BCUT2D eigenvalue weighted by Gasteiger charge is 2.27. The fraction of sp³-hybridized carbons (Fsp3) is 0.308. The highest BCUT2D eigenvalue weighted by Crippen LogP contribution is 2.41. The molecule has 0 aliphatic heterocycles. The van der Waals surface area contributed by atoms with Gasteiger partial charge in [-0.2, -0.15) is 0 Å². The first kappa shape index (κ1) is 13.3. The molecule has 0 aliphatic carbocycles. The highest BCUT2D eigenvalue weighted by atomic mass is 32.1. The topological polar surface area (TPSA) is 77.8 Å². The molecule has 0 amide bonds. The molecule has 0 fully saturated rings. The number of nitrogens with two attached hydrogens (primary N) is 1. The van der Waals surface area contributed by atoms with Crippen molar-refractivity contribution < 1.29 is 4.42 Å². The normalized spacial score (nSPS) is 11.9. The van der Waals surface area contributed by atoms with Gasteiger partial charge in [0.2, 0.25) is 5.13 Å². The van der Waals surface area contributed by atoms with Crippen LogP contribution in [-0.2, 0) is 5.41 Å². The summed E-state index contributed by atoms with van der Waals surface area (Å²) >= 11 is 2.94. The van der Waals surface area contributed by atoms with Crippen molar-refractivity contribution in [2.45, 2.75) is 26.2 Å². The lowest BCUT2D eigenvalue weighted by Gasteiger charge is -2.16. The van der Waals surface area contributed by atoms with Crippen LogP contribution in [0.3, 0.4) is 0 Å². The van der Waals surface area contributed by atoms with Crippen LogP contribution in [0.15, 0.2) is 22.8 Å². The number of hydrogen-bond donors (Lipinski definition) is 1. The number of anilines is 1. The van der Waals surface area contributed by atoms with E-state index in [4.69, 9.17) is 15.1 Å². The van der Waals surface area contributed by atoms with Crippen LogP contribution >= 0.6 is 22.7 Å². The molecule has 0 atom stereocenters. The Hall–Kier alpha value is -1.73. The van der Waals surface area contributed by atoms with Gasteiger partial charge in [0.25, 0.3) is 0 Å². The first-order valence-electron chi connectivity index (χ1n) is 6.09. The molecule has 0 radical (unpaired) electrons. The molecule has 2 N–H and O–H groups in total. The largest absolute Gasteiger partial charge is 0.462 e. The second-order valence-electron chi connectivity index (χ2n) is 5.37. The minimum absolute atomic E-state index is 0.0862.